The third-order valence-electron chi connectivity index (χ3n) is 2.29. The minimum atomic E-state index is -1.23. The van der Waals surface area contributed by atoms with E-state index in [1.54, 1.807) is 7.05 Å². The minimum absolute atomic E-state index is 0.171. The predicted molar refractivity (Wildman–Crippen MR) is 58.6 cm³/mol. The van der Waals surface area contributed by atoms with Gasteiger partial charge in [0.15, 0.2) is 5.69 Å². The molecule has 8 heteroatoms. The lowest BCUT2D eigenvalue weighted by Crippen LogP contribution is -2.11. The van der Waals surface area contributed by atoms with E-state index in [-0.39, 0.29) is 16.8 Å². The van der Waals surface area contributed by atoms with Crippen molar-refractivity contribution in [2.45, 2.75) is 0 Å². The Morgan fingerprint density at radius 1 is 1.59 bits per heavy atom. The van der Waals surface area contributed by atoms with Crippen LogP contribution in [0, 0.1) is 10.1 Å². The maximum atomic E-state index is 11.0. The number of rotatable bonds is 3. The number of nitrogens with one attached hydrogen (secondary N) is 1. The number of carbonyl (C=O) groups is 1. The molecule has 8 nitrogen and oxygen atoms in total. The summed E-state index contributed by atoms with van der Waals surface area (Å²) in [6.45, 7) is 0. The van der Waals surface area contributed by atoms with Crippen molar-refractivity contribution in [2.24, 2.45) is 0 Å². The number of non-ortho nitro benzene ring substituents is 1. The first-order chi connectivity index (χ1) is 8.04. The Bertz CT molecular complexity index is 619. The Hall–Kier alpha value is -2.64. The van der Waals surface area contributed by atoms with Gasteiger partial charge < -0.3 is 10.5 Å². The lowest BCUT2D eigenvalue weighted by atomic mass is 10.2. The molecule has 0 saturated heterocycles. The van der Waals surface area contributed by atoms with Crippen LogP contribution in [0.1, 0.15) is 10.5 Å². The lowest BCUT2D eigenvalue weighted by molar-refractivity contribution is -0.384. The molecule has 0 aliphatic carbocycles. The number of carboxylic acid groups (broad SMARTS) is 1. The summed E-state index contributed by atoms with van der Waals surface area (Å²) in [5, 5.41) is 23.6. The zero-order valence-electron chi connectivity index (χ0n) is 8.75. The molecule has 2 N–H and O–H groups in total. The highest BCUT2D eigenvalue weighted by Gasteiger charge is 2.18. The maximum Gasteiger partial charge on any atom is 0.357 e. The van der Waals surface area contributed by atoms with E-state index in [0.717, 1.165) is 0 Å². The number of nitro groups is 1. The first kappa shape index (κ1) is 10.9. The molecule has 0 amide bonds. The van der Waals surface area contributed by atoms with Gasteiger partial charge in [0.25, 0.3) is 5.69 Å². The first-order valence-electron chi connectivity index (χ1n) is 4.63. The average molecular weight is 236 g/mol. The van der Waals surface area contributed by atoms with Crippen molar-refractivity contribution in [1.29, 1.82) is 0 Å². The first-order valence-corrected chi connectivity index (χ1v) is 4.63. The van der Waals surface area contributed by atoms with Gasteiger partial charge in [-0.15, -0.1) is 5.10 Å². The molecule has 1 aromatic heterocycles. The molecule has 17 heavy (non-hydrogen) atoms. The highest BCUT2D eigenvalue weighted by Crippen LogP contribution is 2.23. The number of hydrogen-bond donors (Lipinski definition) is 2. The molecule has 2 rings (SSSR count). The fraction of sp³-hybridized carbons (Fsp3) is 0.111. The van der Waals surface area contributed by atoms with E-state index in [0.29, 0.717) is 5.52 Å². The molecule has 0 aliphatic heterocycles. The van der Waals surface area contributed by atoms with Crippen LogP contribution in [0.4, 0.5) is 5.69 Å². The summed E-state index contributed by atoms with van der Waals surface area (Å²) in [4.78, 5) is 22.2. The predicted octanol–water partition coefficient (Wildman–Crippen LogP) is 0.816. The molecule has 0 aliphatic rings. The van der Waals surface area contributed by atoms with Crippen molar-refractivity contribution in [3.8, 4) is 0 Å². The second-order valence-electron chi connectivity index (χ2n) is 3.25. The van der Waals surface area contributed by atoms with Gasteiger partial charge in [-0.1, -0.05) is 0 Å². The zero-order valence-corrected chi connectivity index (χ0v) is 8.75. The van der Waals surface area contributed by atoms with Crippen LogP contribution < -0.4 is 5.43 Å². The van der Waals surface area contributed by atoms with E-state index in [2.05, 4.69) is 10.5 Å². The van der Waals surface area contributed by atoms with Gasteiger partial charge in [0, 0.05) is 24.6 Å². The number of carboxylic acids is 1. The summed E-state index contributed by atoms with van der Waals surface area (Å²) in [5.41, 5.74) is 2.74. The summed E-state index contributed by atoms with van der Waals surface area (Å²) in [5.74, 6) is -1.23. The van der Waals surface area contributed by atoms with E-state index >= 15 is 0 Å². The second kappa shape index (κ2) is 3.74. The molecular formula is C9H8N4O4. The van der Waals surface area contributed by atoms with Gasteiger partial charge in [0.1, 0.15) is 0 Å². The van der Waals surface area contributed by atoms with Gasteiger partial charge in [-0.25, -0.2) is 4.79 Å². The monoisotopic (exact) mass is 236 g/mol. The van der Waals surface area contributed by atoms with Gasteiger partial charge >= 0.3 is 5.97 Å². The maximum absolute atomic E-state index is 11.0. The van der Waals surface area contributed by atoms with Crippen molar-refractivity contribution in [2.75, 3.05) is 12.5 Å². The van der Waals surface area contributed by atoms with Gasteiger partial charge in [-0.3, -0.25) is 10.1 Å². The largest absolute Gasteiger partial charge is 0.476 e. The summed E-state index contributed by atoms with van der Waals surface area (Å²) in [6.07, 6.45) is 0. The van der Waals surface area contributed by atoms with Crippen molar-refractivity contribution < 1.29 is 14.8 Å². The Morgan fingerprint density at radius 2 is 2.29 bits per heavy atom. The number of hydrogen-bond acceptors (Lipinski definition) is 5. The van der Waals surface area contributed by atoms with E-state index < -0.39 is 10.9 Å². The third-order valence-corrected chi connectivity index (χ3v) is 2.29. The fourth-order valence-corrected chi connectivity index (χ4v) is 1.55. The molecule has 0 saturated carbocycles. The summed E-state index contributed by atoms with van der Waals surface area (Å²) >= 11 is 0. The molecule has 1 heterocycles. The molecular weight excluding hydrogens is 228 g/mol. The molecule has 0 radical (unpaired) electrons. The molecule has 2 aromatic rings. The lowest BCUT2D eigenvalue weighted by Gasteiger charge is -1.99. The highest BCUT2D eigenvalue weighted by atomic mass is 16.6. The van der Waals surface area contributed by atoms with Gasteiger partial charge in [0.05, 0.1) is 10.4 Å². The fourth-order valence-electron chi connectivity index (χ4n) is 1.55. The Labute approximate surface area is 94.6 Å². The number of nitro benzene ring substituents is 1. The van der Waals surface area contributed by atoms with E-state index in [1.807, 2.05) is 0 Å². The number of aromatic carboxylic acids is 1. The molecule has 0 bridgehead atoms. The zero-order chi connectivity index (χ0) is 12.6. The number of nitrogens with zero attached hydrogens (tertiary/aromatic N) is 3. The minimum Gasteiger partial charge on any atom is -0.476 e. The second-order valence-corrected chi connectivity index (χ2v) is 3.25. The molecule has 88 valence electrons. The van der Waals surface area contributed by atoms with Crippen molar-refractivity contribution in [3.05, 3.63) is 34.0 Å². The SMILES string of the molecule is CNn1nc(C(=O)O)c2cc([N+](=O)[O-])ccc21. The molecule has 1 aromatic carbocycles. The quantitative estimate of drug-likeness (QED) is 0.602. The van der Waals surface area contributed by atoms with E-state index in [9.17, 15) is 14.9 Å². The third kappa shape index (κ3) is 1.65. The Balaban J connectivity index is 2.78. The van der Waals surface area contributed by atoms with Gasteiger partial charge in [-0.05, 0) is 6.07 Å². The summed E-state index contributed by atoms with van der Waals surface area (Å²) < 4.78 is 0. The van der Waals surface area contributed by atoms with Crippen LogP contribution in [-0.2, 0) is 0 Å². The van der Waals surface area contributed by atoms with E-state index in [4.69, 9.17) is 5.11 Å². The topological polar surface area (TPSA) is 110 Å². The average Bonchev–Trinajstić information content (AvgIpc) is 2.66. The standard InChI is InChI=1S/C9H8N4O4/c1-10-12-7-3-2-5(13(16)17)4-6(7)8(11-12)9(14)15/h2-4,10H,1H3,(H,14,15). The van der Waals surface area contributed by atoms with Crippen LogP contribution in [0.5, 0.6) is 0 Å². The molecule has 0 spiro atoms. The normalized spacial score (nSPS) is 10.4. The van der Waals surface area contributed by atoms with Crippen molar-refractivity contribution >= 4 is 22.6 Å². The van der Waals surface area contributed by atoms with Crippen LogP contribution in [0.3, 0.4) is 0 Å². The molecule has 0 fully saturated rings. The molecule has 0 atom stereocenters. The van der Waals surface area contributed by atoms with Crippen molar-refractivity contribution in [3.63, 3.8) is 0 Å². The van der Waals surface area contributed by atoms with Gasteiger partial charge in [-0.2, -0.15) is 4.79 Å². The van der Waals surface area contributed by atoms with Crippen LogP contribution in [0.25, 0.3) is 10.9 Å². The Kier molecular flexibility index (Phi) is 2.39. The van der Waals surface area contributed by atoms with Gasteiger partial charge in [0.2, 0.25) is 0 Å². The summed E-state index contributed by atoms with van der Waals surface area (Å²) in [6, 6.07) is 3.94. The molecule has 0 unspecified atom stereocenters. The Morgan fingerprint density at radius 3 is 2.82 bits per heavy atom. The van der Waals surface area contributed by atoms with Crippen LogP contribution >= 0.6 is 0 Å². The smallest absolute Gasteiger partial charge is 0.357 e. The number of aromatic nitrogens is 2. The highest BCUT2D eigenvalue weighted by molar-refractivity contribution is 6.01. The number of fused-ring (bicyclic) bond motifs is 1. The van der Waals surface area contributed by atoms with Crippen LogP contribution in [0.2, 0.25) is 0 Å². The van der Waals surface area contributed by atoms with Crippen LogP contribution in [0.15, 0.2) is 18.2 Å². The van der Waals surface area contributed by atoms with Crippen molar-refractivity contribution in [1.82, 2.24) is 9.89 Å². The number of benzene rings is 1. The van der Waals surface area contributed by atoms with Crippen LogP contribution in [-0.4, -0.2) is 32.9 Å². The summed E-state index contributed by atoms with van der Waals surface area (Å²) in [7, 11) is 1.57. The van der Waals surface area contributed by atoms with E-state index in [1.165, 1.54) is 23.0 Å².